The molecule has 1 amide bonds. The summed E-state index contributed by atoms with van der Waals surface area (Å²) in [4.78, 5) is 13.6. The van der Waals surface area contributed by atoms with Crippen LogP contribution in [0.4, 0.5) is 4.79 Å². The minimum atomic E-state index is -0.929. The Hall–Kier alpha value is -1.48. The lowest BCUT2D eigenvalue weighted by Crippen LogP contribution is -2.35. The van der Waals surface area contributed by atoms with Crippen LogP contribution >= 0.6 is 23.2 Å². The van der Waals surface area contributed by atoms with E-state index in [1.54, 1.807) is 27.0 Å². The molecule has 0 aliphatic carbocycles. The summed E-state index contributed by atoms with van der Waals surface area (Å²) in [5.74, 6) is 0.922. The quantitative estimate of drug-likeness (QED) is 0.370. The summed E-state index contributed by atoms with van der Waals surface area (Å²) >= 11 is 11.4. The minimum absolute atomic E-state index is 0.413. The van der Waals surface area contributed by atoms with Crippen molar-refractivity contribution >= 4 is 40.5 Å². The zero-order chi connectivity index (χ0) is 27.6. The summed E-state index contributed by atoms with van der Waals surface area (Å²) < 4.78 is 16.6. The lowest BCUT2D eigenvalue weighted by molar-refractivity contribution is 0.0600. The van der Waals surface area contributed by atoms with E-state index in [1.165, 1.54) is 11.1 Å². The largest absolute Gasteiger partial charge is 0.612 e. The van der Waals surface area contributed by atoms with Gasteiger partial charge in [0.25, 0.3) is 0 Å². The van der Waals surface area contributed by atoms with E-state index in [1.807, 2.05) is 31.3 Å². The molecule has 1 heterocycles. The van der Waals surface area contributed by atoms with Crippen molar-refractivity contribution in [2.24, 2.45) is 5.73 Å². The molecule has 0 aromatic heterocycles. The number of benzene rings is 2. The molecule has 2 aromatic carbocycles. The summed E-state index contributed by atoms with van der Waals surface area (Å²) in [6, 6.07) is 14.2. The molecule has 37 heavy (non-hydrogen) atoms. The topological polar surface area (TPSA) is 90.6 Å². The summed E-state index contributed by atoms with van der Waals surface area (Å²) in [6.45, 7) is 9.45. The molecule has 0 radical (unpaired) electrons. The predicted molar refractivity (Wildman–Crippen MR) is 155 cm³/mol. The molecule has 3 rings (SSSR count). The Kier molecular flexibility index (Phi) is 13.0. The Morgan fingerprint density at radius 1 is 1.19 bits per heavy atom. The van der Waals surface area contributed by atoms with Crippen LogP contribution in [0.1, 0.15) is 63.0 Å². The van der Waals surface area contributed by atoms with E-state index in [0.717, 1.165) is 50.3 Å². The van der Waals surface area contributed by atoms with E-state index in [0.29, 0.717) is 21.9 Å². The van der Waals surface area contributed by atoms with Crippen LogP contribution in [0.2, 0.25) is 10.0 Å². The smallest absolute Gasteiger partial charge is 0.405 e. The number of nitrogens with two attached hydrogens (primary N) is 1. The van der Waals surface area contributed by atoms with Crippen LogP contribution in [-0.2, 0) is 15.9 Å². The average Bonchev–Trinajstić information content (AvgIpc) is 2.83. The van der Waals surface area contributed by atoms with Crippen molar-refractivity contribution in [3.05, 3.63) is 63.6 Å². The van der Waals surface area contributed by atoms with Gasteiger partial charge in [-0.1, -0.05) is 47.5 Å². The van der Waals surface area contributed by atoms with Crippen molar-refractivity contribution < 1.29 is 14.1 Å². The number of piperidine rings is 1. The van der Waals surface area contributed by atoms with Gasteiger partial charge in [-0.2, -0.15) is 0 Å². The first kappa shape index (κ1) is 31.7. The van der Waals surface area contributed by atoms with E-state index in [2.05, 4.69) is 33.2 Å². The highest BCUT2D eigenvalue weighted by molar-refractivity contribution is 7.90. The highest BCUT2D eigenvalue weighted by Crippen LogP contribution is 2.33. The number of hydrogen-bond acceptors (Lipinski definition) is 5. The van der Waals surface area contributed by atoms with Gasteiger partial charge in [-0.05, 0) is 113 Å². The molecular weight excluding hydrogens is 529 g/mol. The Labute approximate surface area is 235 Å². The van der Waals surface area contributed by atoms with E-state index in [9.17, 15) is 9.35 Å². The van der Waals surface area contributed by atoms with Crippen molar-refractivity contribution in [2.75, 3.05) is 39.5 Å². The van der Waals surface area contributed by atoms with Gasteiger partial charge in [-0.15, -0.1) is 0 Å². The highest BCUT2D eigenvalue weighted by Gasteiger charge is 2.25. The van der Waals surface area contributed by atoms with E-state index >= 15 is 0 Å². The van der Waals surface area contributed by atoms with Crippen LogP contribution in [0, 0.1) is 0 Å². The van der Waals surface area contributed by atoms with E-state index in [4.69, 9.17) is 28.9 Å². The molecule has 1 aliphatic heterocycles. The molecule has 0 spiro atoms. The van der Waals surface area contributed by atoms with Gasteiger partial charge in [0.2, 0.25) is 0 Å². The van der Waals surface area contributed by atoms with E-state index in [-0.39, 0.29) is 0 Å². The number of carbonyl (C=O) groups is 1. The second-order valence-electron chi connectivity index (χ2n) is 10.4. The maximum absolute atomic E-state index is 12.1. The molecule has 1 fully saturated rings. The van der Waals surface area contributed by atoms with Crippen molar-refractivity contribution in [3.63, 3.8) is 0 Å². The molecule has 0 saturated carbocycles. The Balaban J connectivity index is 0.000000521. The van der Waals surface area contributed by atoms with Crippen LogP contribution < -0.4 is 11.1 Å². The molecule has 1 aliphatic rings. The highest BCUT2D eigenvalue weighted by atomic mass is 35.5. The Morgan fingerprint density at radius 2 is 1.84 bits per heavy atom. The van der Waals surface area contributed by atoms with Crippen LogP contribution in [0.3, 0.4) is 0 Å². The molecule has 0 bridgehead atoms. The van der Waals surface area contributed by atoms with Crippen LogP contribution in [0.25, 0.3) is 0 Å². The molecular formula is C28H41Cl2N3O3S. The molecule has 0 unspecified atom stereocenters. The van der Waals surface area contributed by atoms with Gasteiger partial charge >= 0.3 is 6.09 Å². The summed E-state index contributed by atoms with van der Waals surface area (Å²) in [5.41, 5.74) is 6.78. The predicted octanol–water partition coefficient (Wildman–Crippen LogP) is 6.18. The number of primary amides is 1. The lowest BCUT2D eigenvalue weighted by Gasteiger charge is -2.33. The zero-order valence-corrected chi connectivity index (χ0v) is 24.9. The standard InChI is InChI=1S/C23H30Cl2N2OS.C5H11NO2/c1-26-16-19(18-7-8-21(24)22(25)15-18)11-14-27-12-9-17(10-13-27)20-5-3-4-6-23(20)29(2)28;1-5(2,3)8-4(6)7/h3-8,15,17,19,26H,9-14,16H2,1-2H3;1-3H3,(H2,6,7)/t19-,29+;/m1./s1. The molecule has 1 saturated heterocycles. The number of likely N-dealkylation sites (N-methyl/N-ethyl adjacent to an activating group) is 1. The van der Waals surface area contributed by atoms with Gasteiger partial charge < -0.3 is 25.2 Å². The third kappa shape index (κ3) is 11.0. The number of hydrogen-bond donors (Lipinski definition) is 2. The number of likely N-dealkylation sites (tertiary alicyclic amines) is 1. The molecule has 6 nitrogen and oxygen atoms in total. The SMILES string of the molecule is CC(C)(C)OC(N)=O.CNC[C@@H](CCN1CCC(c2ccccc2[S@+](C)[O-])CC1)c1ccc(Cl)c(Cl)c1. The van der Waals surface area contributed by atoms with Crippen molar-refractivity contribution in [2.45, 2.75) is 62.4 Å². The number of carbonyl (C=O) groups excluding carboxylic acids is 1. The van der Waals surface area contributed by atoms with Gasteiger partial charge in [0, 0.05) is 12.1 Å². The normalized spacial score (nSPS) is 16.4. The fourth-order valence-corrected chi connectivity index (χ4v) is 5.73. The number of rotatable bonds is 8. The number of ether oxygens (including phenoxy) is 1. The van der Waals surface area contributed by atoms with Crippen LogP contribution in [-0.4, -0.2) is 60.6 Å². The van der Waals surface area contributed by atoms with Crippen molar-refractivity contribution in [3.8, 4) is 0 Å². The second-order valence-corrected chi connectivity index (χ2v) is 12.5. The van der Waals surface area contributed by atoms with Crippen molar-refractivity contribution in [1.82, 2.24) is 10.2 Å². The lowest BCUT2D eigenvalue weighted by atomic mass is 9.89. The Morgan fingerprint density at radius 3 is 2.35 bits per heavy atom. The summed E-state index contributed by atoms with van der Waals surface area (Å²) in [7, 11) is 1.99. The maximum atomic E-state index is 12.1. The Bertz CT molecular complexity index is 993. The molecule has 2 aromatic rings. The monoisotopic (exact) mass is 569 g/mol. The van der Waals surface area contributed by atoms with Gasteiger partial charge in [0.1, 0.15) is 11.9 Å². The number of nitrogens with zero attached hydrogens (tertiary/aromatic N) is 1. The first-order valence-electron chi connectivity index (χ1n) is 12.6. The number of amides is 1. The molecule has 206 valence electrons. The fourth-order valence-electron chi connectivity index (χ4n) is 4.59. The van der Waals surface area contributed by atoms with Gasteiger partial charge in [0.05, 0.1) is 10.0 Å². The van der Waals surface area contributed by atoms with E-state index < -0.39 is 22.9 Å². The average molecular weight is 571 g/mol. The molecule has 3 N–H and O–H groups in total. The maximum Gasteiger partial charge on any atom is 0.405 e. The van der Waals surface area contributed by atoms with Gasteiger partial charge in [-0.3, -0.25) is 0 Å². The fraction of sp³-hybridized carbons (Fsp3) is 0.536. The zero-order valence-electron chi connectivity index (χ0n) is 22.6. The van der Waals surface area contributed by atoms with Gasteiger partial charge in [-0.25, -0.2) is 4.79 Å². The minimum Gasteiger partial charge on any atom is -0.612 e. The summed E-state index contributed by atoms with van der Waals surface area (Å²) in [6.07, 6.45) is 4.38. The molecule has 9 heteroatoms. The van der Waals surface area contributed by atoms with Crippen molar-refractivity contribution in [1.29, 1.82) is 0 Å². The van der Waals surface area contributed by atoms with Crippen LogP contribution in [0.15, 0.2) is 47.4 Å². The second kappa shape index (κ2) is 15.2. The number of nitrogens with one attached hydrogen (secondary N) is 1. The number of halogens is 2. The third-order valence-electron chi connectivity index (χ3n) is 6.32. The third-order valence-corrected chi connectivity index (χ3v) is 8.05. The van der Waals surface area contributed by atoms with Crippen LogP contribution in [0.5, 0.6) is 0 Å². The first-order valence-corrected chi connectivity index (χ1v) is 15.0. The van der Waals surface area contributed by atoms with Gasteiger partial charge in [0.15, 0.2) is 4.90 Å². The first-order chi connectivity index (χ1) is 17.4. The summed E-state index contributed by atoms with van der Waals surface area (Å²) in [5, 5.41) is 4.54. The molecule has 2 atom stereocenters.